The molecule has 0 fully saturated rings. The van der Waals surface area contributed by atoms with Gasteiger partial charge in [0.1, 0.15) is 11.5 Å². The summed E-state index contributed by atoms with van der Waals surface area (Å²) in [6.45, 7) is 4.43. The molecule has 0 saturated carbocycles. The quantitative estimate of drug-likeness (QED) is 0.501. The van der Waals surface area contributed by atoms with Crippen LogP contribution in [0.2, 0.25) is 0 Å². The van der Waals surface area contributed by atoms with Gasteiger partial charge in [-0.05, 0) is 17.9 Å². The van der Waals surface area contributed by atoms with E-state index in [0.717, 1.165) is 35.6 Å². The van der Waals surface area contributed by atoms with Crippen LogP contribution in [-0.4, -0.2) is 10.2 Å². The lowest BCUT2D eigenvalue weighted by Crippen LogP contribution is -2.00. The van der Waals surface area contributed by atoms with Crippen molar-refractivity contribution in [2.24, 2.45) is 5.92 Å². The normalized spacial score (nSPS) is 12.8. The van der Waals surface area contributed by atoms with Gasteiger partial charge in [-0.25, -0.2) is 0 Å². The number of hydrogen-bond donors (Lipinski definition) is 2. The zero-order chi connectivity index (χ0) is 15.7. The van der Waals surface area contributed by atoms with E-state index in [4.69, 9.17) is 0 Å². The largest absolute Gasteiger partial charge is 0.507 e. The summed E-state index contributed by atoms with van der Waals surface area (Å²) in [6, 6.07) is 13.4. The van der Waals surface area contributed by atoms with Crippen molar-refractivity contribution >= 4 is 21.5 Å². The molecule has 0 amide bonds. The van der Waals surface area contributed by atoms with E-state index in [1.807, 2.05) is 36.4 Å². The maximum atomic E-state index is 10.7. The molecule has 0 aliphatic rings. The highest BCUT2D eigenvalue weighted by molar-refractivity contribution is 6.11. The predicted molar refractivity (Wildman–Crippen MR) is 92.6 cm³/mol. The highest BCUT2D eigenvalue weighted by Crippen LogP contribution is 2.43. The van der Waals surface area contributed by atoms with Crippen LogP contribution in [0.5, 0.6) is 11.5 Å². The first-order chi connectivity index (χ1) is 10.6. The zero-order valence-electron chi connectivity index (χ0n) is 13.1. The Morgan fingerprint density at radius 3 is 2.18 bits per heavy atom. The van der Waals surface area contributed by atoms with Gasteiger partial charge in [0.25, 0.3) is 0 Å². The molecule has 0 aliphatic heterocycles. The van der Waals surface area contributed by atoms with Gasteiger partial charge in [-0.2, -0.15) is 0 Å². The smallest absolute Gasteiger partial charge is 0.131 e. The second kappa shape index (κ2) is 5.88. The van der Waals surface area contributed by atoms with Gasteiger partial charge in [0.2, 0.25) is 0 Å². The first-order valence-electron chi connectivity index (χ1n) is 7.97. The summed E-state index contributed by atoms with van der Waals surface area (Å²) in [5, 5.41) is 24.3. The van der Waals surface area contributed by atoms with Crippen molar-refractivity contribution < 1.29 is 10.2 Å². The highest BCUT2D eigenvalue weighted by atomic mass is 16.3. The molecule has 1 unspecified atom stereocenters. The van der Waals surface area contributed by atoms with Crippen LogP contribution < -0.4 is 0 Å². The SMILES string of the molecule is CCCC(C)Cc1cccc2c(O)c3ccccc3c(O)c12. The Hall–Kier alpha value is -2.22. The minimum Gasteiger partial charge on any atom is -0.507 e. The molecular formula is C20H22O2. The lowest BCUT2D eigenvalue weighted by atomic mass is 9.91. The van der Waals surface area contributed by atoms with E-state index >= 15 is 0 Å². The molecule has 0 radical (unpaired) electrons. The Balaban J connectivity index is 2.27. The van der Waals surface area contributed by atoms with Crippen molar-refractivity contribution in [2.75, 3.05) is 0 Å². The molecule has 0 heterocycles. The van der Waals surface area contributed by atoms with Crippen LogP contribution in [0.1, 0.15) is 32.3 Å². The van der Waals surface area contributed by atoms with Gasteiger partial charge in [0.05, 0.1) is 0 Å². The standard InChI is InChI=1S/C20H22O2/c1-3-7-13(2)12-14-8-6-11-17-18(14)20(22)16-10-5-4-9-15(16)19(17)21/h4-6,8-11,13,21-22H,3,7,12H2,1-2H3. The lowest BCUT2D eigenvalue weighted by molar-refractivity contribution is 0.477. The number of aromatic hydroxyl groups is 2. The van der Waals surface area contributed by atoms with Gasteiger partial charge in [0.15, 0.2) is 0 Å². The Morgan fingerprint density at radius 1 is 0.864 bits per heavy atom. The number of phenols is 2. The molecule has 1 atom stereocenters. The molecule has 2 N–H and O–H groups in total. The third-order valence-electron chi connectivity index (χ3n) is 4.43. The van der Waals surface area contributed by atoms with E-state index < -0.39 is 0 Å². The van der Waals surface area contributed by atoms with Crippen LogP contribution >= 0.6 is 0 Å². The van der Waals surface area contributed by atoms with Gasteiger partial charge in [0, 0.05) is 21.5 Å². The van der Waals surface area contributed by atoms with Crippen LogP contribution in [0.15, 0.2) is 42.5 Å². The molecule has 22 heavy (non-hydrogen) atoms. The summed E-state index contributed by atoms with van der Waals surface area (Å²) in [6.07, 6.45) is 3.24. The van der Waals surface area contributed by atoms with Crippen molar-refractivity contribution in [3.8, 4) is 11.5 Å². The summed E-state index contributed by atoms with van der Waals surface area (Å²) in [4.78, 5) is 0. The average molecular weight is 294 g/mol. The number of phenolic OH excluding ortho intramolecular Hbond substituents is 2. The molecule has 3 aromatic rings. The van der Waals surface area contributed by atoms with Gasteiger partial charge >= 0.3 is 0 Å². The third-order valence-corrected chi connectivity index (χ3v) is 4.43. The molecule has 0 bridgehead atoms. The molecule has 0 saturated heterocycles. The topological polar surface area (TPSA) is 40.5 Å². The molecule has 3 rings (SSSR count). The first-order valence-corrected chi connectivity index (χ1v) is 7.97. The van der Waals surface area contributed by atoms with Gasteiger partial charge in [-0.15, -0.1) is 0 Å². The minimum atomic E-state index is 0.258. The molecule has 2 heteroatoms. The molecule has 0 spiro atoms. The first kappa shape index (κ1) is 14.7. The monoisotopic (exact) mass is 294 g/mol. The van der Waals surface area contributed by atoms with Gasteiger partial charge in [-0.1, -0.05) is 69.2 Å². The maximum absolute atomic E-state index is 10.7. The van der Waals surface area contributed by atoms with Crippen LogP contribution in [0.3, 0.4) is 0 Å². The predicted octanol–water partition coefficient (Wildman–Crippen LogP) is 5.38. The maximum Gasteiger partial charge on any atom is 0.131 e. The number of rotatable bonds is 4. The third kappa shape index (κ3) is 2.39. The summed E-state index contributed by atoms with van der Waals surface area (Å²) in [7, 11) is 0. The van der Waals surface area contributed by atoms with Crippen LogP contribution in [0.25, 0.3) is 21.5 Å². The van der Waals surface area contributed by atoms with Gasteiger partial charge in [-0.3, -0.25) is 0 Å². The summed E-state index contributed by atoms with van der Waals surface area (Å²) < 4.78 is 0. The Labute approximate surface area is 131 Å². The fourth-order valence-corrected chi connectivity index (χ4v) is 3.39. The summed E-state index contributed by atoms with van der Waals surface area (Å²) >= 11 is 0. The van der Waals surface area contributed by atoms with E-state index in [-0.39, 0.29) is 11.5 Å². The number of benzene rings is 3. The fraction of sp³-hybridized carbons (Fsp3) is 0.300. The Morgan fingerprint density at radius 2 is 1.50 bits per heavy atom. The molecule has 3 aromatic carbocycles. The minimum absolute atomic E-state index is 0.258. The highest BCUT2D eigenvalue weighted by Gasteiger charge is 2.16. The van der Waals surface area contributed by atoms with Gasteiger partial charge < -0.3 is 10.2 Å². The molecule has 0 aromatic heterocycles. The second-order valence-electron chi connectivity index (χ2n) is 6.18. The fourth-order valence-electron chi connectivity index (χ4n) is 3.39. The van der Waals surface area contributed by atoms with Crippen LogP contribution in [-0.2, 0) is 6.42 Å². The van der Waals surface area contributed by atoms with E-state index in [1.165, 1.54) is 0 Å². The van der Waals surface area contributed by atoms with E-state index in [2.05, 4.69) is 19.9 Å². The van der Waals surface area contributed by atoms with Crippen molar-refractivity contribution in [1.29, 1.82) is 0 Å². The van der Waals surface area contributed by atoms with Crippen molar-refractivity contribution in [2.45, 2.75) is 33.1 Å². The number of fused-ring (bicyclic) bond motifs is 2. The van der Waals surface area contributed by atoms with E-state index in [9.17, 15) is 10.2 Å². The summed E-state index contributed by atoms with van der Waals surface area (Å²) in [5.41, 5.74) is 1.11. The zero-order valence-corrected chi connectivity index (χ0v) is 13.1. The van der Waals surface area contributed by atoms with Crippen LogP contribution in [0, 0.1) is 5.92 Å². The number of hydrogen-bond acceptors (Lipinski definition) is 2. The van der Waals surface area contributed by atoms with Crippen molar-refractivity contribution in [3.05, 3.63) is 48.0 Å². The van der Waals surface area contributed by atoms with Crippen molar-refractivity contribution in [3.63, 3.8) is 0 Å². The Kier molecular flexibility index (Phi) is 3.93. The van der Waals surface area contributed by atoms with E-state index in [1.54, 1.807) is 0 Å². The lowest BCUT2D eigenvalue weighted by Gasteiger charge is -2.16. The Bertz CT molecular complexity index is 821. The molecule has 114 valence electrons. The van der Waals surface area contributed by atoms with Crippen LogP contribution in [0.4, 0.5) is 0 Å². The van der Waals surface area contributed by atoms with Crippen molar-refractivity contribution in [1.82, 2.24) is 0 Å². The van der Waals surface area contributed by atoms with E-state index in [0.29, 0.717) is 16.7 Å². The molecular weight excluding hydrogens is 272 g/mol. The average Bonchev–Trinajstić information content (AvgIpc) is 2.53. The molecule has 2 nitrogen and oxygen atoms in total. The second-order valence-corrected chi connectivity index (χ2v) is 6.18. The summed E-state index contributed by atoms with van der Waals surface area (Å²) in [5.74, 6) is 1.10. The molecule has 0 aliphatic carbocycles.